The standard InChI is InChI=1S/C22H29N3O5S2/c1-2-3-12-23-21-10-9-20(32(28,29)25-13-15-30-16-14-25)18-22(21)24-31(26,27)17-11-19-7-5-4-6-8-19/h4-11,17-18,23-24H,2-3,12-16H2,1H3/b17-11+. The molecule has 0 spiro atoms. The fraction of sp³-hybridized carbons (Fsp3) is 0.364. The number of sulfonamides is 2. The highest BCUT2D eigenvalue weighted by molar-refractivity contribution is 7.95. The van der Waals surface area contributed by atoms with Gasteiger partial charge in [-0.25, -0.2) is 16.8 Å². The Balaban J connectivity index is 1.90. The van der Waals surface area contributed by atoms with Gasteiger partial charge in [-0.1, -0.05) is 43.7 Å². The molecule has 0 radical (unpaired) electrons. The molecule has 0 bridgehead atoms. The van der Waals surface area contributed by atoms with E-state index in [0.717, 1.165) is 23.8 Å². The summed E-state index contributed by atoms with van der Waals surface area (Å²) in [5, 5.41) is 4.26. The number of anilines is 2. The maximum absolute atomic E-state index is 13.0. The van der Waals surface area contributed by atoms with Crippen molar-refractivity contribution in [1.29, 1.82) is 0 Å². The molecule has 0 saturated carbocycles. The summed E-state index contributed by atoms with van der Waals surface area (Å²) in [5.74, 6) is 0. The Morgan fingerprint density at radius 2 is 1.72 bits per heavy atom. The SMILES string of the molecule is CCCCNc1ccc(S(=O)(=O)N2CCOCC2)cc1NS(=O)(=O)/C=C/c1ccccc1. The molecule has 2 aromatic carbocycles. The summed E-state index contributed by atoms with van der Waals surface area (Å²) in [7, 11) is -7.64. The van der Waals surface area contributed by atoms with Crippen LogP contribution in [0.25, 0.3) is 6.08 Å². The van der Waals surface area contributed by atoms with Crippen molar-refractivity contribution in [2.45, 2.75) is 24.7 Å². The summed E-state index contributed by atoms with van der Waals surface area (Å²) >= 11 is 0. The number of ether oxygens (including phenoxy) is 1. The van der Waals surface area contributed by atoms with Crippen molar-refractivity contribution in [2.75, 3.05) is 42.9 Å². The van der Waals surface area contributed by atoms with Gasteiger partial charge in [0.1, 0.15) is 0 Å². The predicted molar refractivity (Wildman–Crippen MR) is 127 cm³/mol. The first-order valence-electron chi connectivity index (χ1n) is 10.5. The first-order valence-corrected chi connectivity index (χ1v) is 13.5. The Morgan fingerprint density at radius 1 is 1.00 bits per heavy atom. The second-order valence-electron chi connectivity index (χ2n) is 7.36. The number of nitrogens with zero attached hydrogens (tertiary/aromatic N) is 1. The second kappa shape index (κ2) is 11.0. The van der Waals surface area contributed by atoms with Gasteiger partial charge in [0, 0.05) is 19.6 Å². The van der Waals surface area contributed by atoms with Crippen molar-refractivity contribution in [1.82, 2.24) is 4.31 Å². The number of nitrogens with one attached hydrogen (secondary N) is 2. The van der Waals surface area contributed by atoms with E-state index in [0.29, 0.717) is 25.4 Å². The lowest BCUT2D eigenvalue weighted by Gasteiger charge is -2.26. The van der Waals surface area contributed by atoms with Gasteiger partial charge in [0.25, 0.3) is 10.0 Å². The van der Waals surface area contributed by atoms with Gasteiger partial charge in [-0.05, 0) is 36.3 Å². The number of rotatable bonds is 10. The summed E-state index contributed by atoms with van der Waals surface area (Å²) in [6.45, 7) is 3.89. The van der Waals surface area contributed by atoms with Crippen molar-refractivity contribution in [3.63, 3.8) is 0 Å². The topological polar surface area (TPSA) is 105 Å². The van der Waals surface area contributed by atoms with Crippen molar-refractivity contribution < 1.29 is 21.6 Å². The number of hydrogen-bond donors (Lipinski definition) is 2. The summed E-state index contributed by atoms with van der Waals surface area (Å²) in [5.41, 5.74) is 1.45. The third kappa shape index (κ3) is 6.55. The van der Waals surface area contributed by atoms with Crippen LogP contribution in [-0.4, -0.2) is 54.0 Å². The lowest BCUT2D eigenvalue weighted by Crippen LogP contribution is -2.40. The average molecular weight is 480 g/mol. The van der Waals surface area contributed by atoms with Gasteiger partial charge < -0.3 is 10.1 Å². The first-order chi connectivity index (χ1) is 15.3. The van der Waals surface area contributed by atoms with Crippen LogP contribution >= 0.6 is 0 Å². The fourth-order valence-corrected chi connectivity index (χ4v) is 5.49. The van der Waals surface area contributed by atoms with Gasteiger partial charge in [0.05, 0.1) is 34.9 Å². The van der Waals surface area contributed by atoms with Gasteiger partial charge in [0.15, 0.2) is 0 Å². The smallest absolute Gasteiger partial charge is 0.255 e. The highest BCUT2D eigenvalue weighted by Crippen LogP contribution is 2.29. The number of hydrogen-bond acceptors (Lipinski definition) is 6. The minimum Gasteiger partial charge on any atom is -0.383 e. The highest BCUT2D eigenvalue weighted by atomic mass is 32.2. The Labute approximate surface area is 190 Å². The van der Waals surface area contributed by atoms with Gasteiger partial charge in [-0.15, -0.1) is 0 Å². The van der Waals surface area contributed by atoms with E-state index in [1.807, 2.05) is 18.2 Å². The van der Waals surface area contributed by atoms with Crippen LogP contribution in [0.5, 0.6) is 0 Å². The molecule has 1 aliphatic rings. The quantitative estimate of drug-likeness (QED) is 0.507. The molecular weight excluding hydrogens is 450 g/mol. The summed E-state index contributed by atoms with van der Waals surface area (Å²) < 4.78 is 60.6. The maximum atomic E-state index is 13.0. The van der Waals surface area contributed by atoms with E-state index >= 15 is 0 Å². The largest absolute Gasteiger partial charge is 0.383 e. The molecule has 1 saturated heterocycles. The monoisotopic (exact) mass is 479 g/mol. The zero-order valence-corrected chi connectivity index (χ0v) is 19.7. The molecule has 1 fully saturated rings. The molecule has 10 heteroatoms. The van der Waals surface area contributed by atoms with E-state index < -0.39 is 20.0 Å². The van der Waals surface area contributed by atoms with Crippen LogP contribution < -0.4 is 10.0 Å². The molecule has 0 unspecified atom stereocenters. The molecule has 1 heterocycles. The van der Waals surface area contributed by atoms with Crippen molar-refractivity contribution in [3.8, 4) is 0 Å². The molecule has 2 aromatic rings. The van der Waals surface area contributed by atoms with Crippen molar-refractivity contribution >= 4 is 37.5 Å². The van der Waals surface area contributed by atoms with Crippen molar-refractivity contribution in [2.24, 2.45) is 0 Å². The predicted octanol–water partition coefficient (Wildman–Crippen LogP) is 3.33. The van der Waals surface area contributed by atoms with Gasteiger partial charge in [0.2, 0.25) is 10.0 Å². The zero-order chi connectivity index (χ0) is 23.0. The molecular formula is C22H29N3O5S2. The molecule has 0 aromatic heterocycles. The van der Waals surface area contributed by atoms with Gasteiger partial charge in [-0.2, -0.15) is 4.31 Å². The third-order valence-corrected chi connectivity index (χ3v) is 7.83. The van der Waals surface area contributed by atoms with E-state index in [4.69, 9.17) is 4.74 Å². The minimum atomic E-state index is -3.87. The Hall–Kier alpha value is -2.40. The summed E-state index contributed by atoms with van der Waals surface area (Å²) in [6, 6.07) is 13.5. The highest BCUT2D eigenvalue weighted by Gasteiger charge is 2.27. The summed E-state index contributed by atoms with van der Waals surface area (Å²) in [4.78, 5) is 0.0326. The lowest BCUT2D eigenvalue weighted by molar-refractivity contribution is 0.0730. The maximum Gasteiger partial charge on any atom is 0.255 e. The third-order valence-electron chi connectivity index (χ3n) is 4.94. The average Bonchev–Trinajstić information content (AvgIpc) is 2.80. The second-order valence-corrected chi connectivity index (χ2v) is 10.9. The van der Waals surface area contributed by atoms with E-state index in [-0.39, 0.29) is 23.7 Å². The van der Waals surface area contributed by atoms with Crippen LogP contribution in [0.15, 0.2) is 58.8 Å². The normalized spacial score (nSPS) is 15.7. The molecule has 2 N–H and O–H groups in total. The van der Waals surface area contributed by atoms with Crippen LogP contribution in [0, 0.1) is 0 Å². The molecule has 32 heavy (non-hydrogen) atoms. The van der Waals surface area contributed by atoms with E-state index in [2.05, 4.69) is 17.0 Å². The minimum absolute atomic E-state index is 0.0326. The van der Waals surface area contributed by atoms with Gasteiger partial charge in [-0.3, -0.25) is 4.72 Å². The fourth-order valence-electron chi connectivity index (χ4n) is 3.18. The number of morpholine rings is 1. The molecule has 0 amide bonds. The van der Waals surface area contributed by atoms with Crippen LogP contribution in [0.3, 0.4) is 0 Å². The van der Waals surface area contributed by atoms with E-state index in [1.165, 1.54) is 22.5 Å². The van der Waals surface area contributed by atoms with Crippen molar-refractivity contribution in [3.05, 3.63) is 59.5 Å². The molecule has 3 rings (SSSR count). The molecule has 8 nitrogen and oxygen atoms in total. The van der Waals surface area contributed by atoms with Crippen LogP contribution in [-0.2, 0) is 24.8 Å². The van der Waals surface area contributed by atoms with Crippen LogP contribution in [0.1, 0.15) is 25.3 Å². The molecule has 1 aliphatic heterocycles. The Morgan fingerprint density at radius 3 is 2.41 bits per heavy atom. The van der Waals surface area contributed by atoms with Gasteiger partial charge >= 0.3 is 0 Å². The van der Waals surface area contributed by atoms with E-state index in [9.17, 15) is 16.8 Å². The van der Waals surface area contributed by atoms with E-state index in [1.54, 1.807) is 18.2 Å². The Bertz CT molecular complexity index is 1130. The molecule has 0 atom stereocenters. The van der Waals surface area contributed by atoms with Crippen LogP contribution in [0.2, 0.25) is 0 Å². The zero-order valence-electron chi connectivity index (χ0n) is 18.0. The van der Waals surface area contributed by atoms with Crippen LogP contribution in [0.4, 0.5) is 11.4 Å². The number of benzene rings is 2. The Kier molecular flexibility index (Phi) is 8.30. The first kappa shape index (κ1) is 24.2. The summed E-state index contributed by atoms with van der Waals surface area (Å²) in [6.07, 6.45) is 3.35. The number of unbranched alkanes of at least 4 members (excludes halogenated alkanes) is 1. The lowest BCUT2D eigenvalue weighted by atomic mass is 10.2. The molecule has 174 valence electrons. The molecule has 0 aliphatic carbocycles.